The third kappa shape index (κ3) is 5.31. The van der Waals surface area contributed by atoms with Crippen molar-refractivity contribution in [2.24, 2.45) is 0 Å². The zero-order valence-electron chi connectivity index (χ0n) is 19.9. The maximum atomic E-state index is 10.3. The summed E-state index contributed by atoms with van der Waals surface area (Å²) in [5.74, 6) is 1.23. The number of aromatic hydroxyl groups is 1. The van der Waals surface area contributed by atoms with Crippen LogP contribution in [-0.2, 0) is 6.42 Å². The summed E-state index contributed by atoms with van der Waals surface area (Å²) in [6, 6.07) is 16.4. The summed E-state index contributed by atoms with van der Waals surface area (Å²) in [6.07, 6.45) is 10.8. The molecule has 0 aromatic heterocycles. The van der Waals surface area contributed by atoms with Crippen LogP contribution in [0.4, 0.5) is 0 Å². The van der Waals surface area contributed by atoms with E-state index in [0.29, 0.717) is 12.2 Å². The molecule has 1 unspecified atom stereocenters. The average Bonchev–Trinajstić information content (AvgIpc) is 2.81. The first-order valence-corrected chi connectivity index (χ1v) is 12.0. The van der Waals surface area contributed by atoms with Crippen molar-refractivity contribution in [2.75, 3.05) is 6.61 Å². The molecule has 1 atom stereocenters. The van der Waals surface area contributed by atoms with Gasteiger partial charge in [-0.1, -0.05) is 68.3 Å². The number of aryl methyl sites for hydroxylation is 1. The van der Waals surface area contributed by atoms with Gasteiger partial charge in [-0.2, -0.15) is 0 Å². The summed E-state index contributed by atoms with van der Waals surface area (Å²) < 4.78 is 5.88. The Morgan fingerprint density at radius 3 is 2.42 bits per heavy atom. The van der Waals surface area contributed by atoms with Gasteiger partial charge in [0.15, 0.2) is 0 Å². The Balaban J connectivity index is 1.68. The van der Waals surface area contributed by atoms with E-state index < -0.39 is 5.60 Å². The highest BCUT2D eigenvalue weighted by Crippen LogP contribution is 2.36. The molecule has 2 N–H and O–H groups in total. The van der Waals surface area contributed by atoms with Gasteiger partial charge in [0.05, 0.1) is 12.2 Å². The van der Waals surface area contributed by atoms with Gasteiger partial charge in [-0.05, 0) is 89.9 Å². The molecule has 0 spiro atoms. The van der Waals surface area contributed by atoms with E-state index in [0.717, 1.165) is 47.1 Å². The molecular formula is C30H34O3. The molecule has 0 saturated heterocycles. The lowest BCUT2D eigenvalue weighted by atomic mass is 9.85. The Hall–Kier alpha value is -3.04. The van der Waals surface area contributed by atoms with E-state index in [-0.39, 0.29) is 0 Å². The third-order valence-corrected chi connectivity index (χ3v) is 6.54. The van der Waals surface area contributed by atoms with Gasteiger partial charge in [-0.15, -0.1) is 0 Å². The van der Waals surface area contributed by atoms with E-state index in [1.165, 1.54) is 29.5 Å². The number of aliphatic hydroxyl groups is 1. The van der Waals surface area contributed by atoms with Crippen molar-refractivity contribution in [1.82, 2.24) is 0 Å². The quantitative estimate of drug-likeness (QED) is 0.366. The predicted octanol–water partition coefficient (Wildman–Crippen LogP) is 7.11. The van der Waals surface area contributed by atoms with Crippen LogP contribution in [-0.4, -0.2) is 22.4 Å². The lowest BCUT2D eigenvalue weighted by molar-refractivity contribution is 0.114. The molecule has 0 amide bonds. The monoisotopic (exact) mass is 442 g/mol. The smallest absolute Gasteiger partial charge is 0.119 e. The lowest BCUT2D eigenvalue weighted by Crippen LogP contribution is -2.21. The summed E-state index contributed by atoms with van der Waals surface area (Å²) >= 11 is 0. The highest BCUT2D eigenvalue weighted by atomic mass is 16.5. The normalized spacial score (nSPS) is 17.9. The van der Waals surface area contributed by atoms with Gasteiger partial charge >= 0.3 is 0 Å². The first kappa shape index (κ1) is 23.1. The molecule has 3 aromatic carbocycles. The van der Waals surface area contributed by atoms with Crippen LogP contribution in [0.15, 0.2) is 66.8 Å². The van der Waals surface area contributed by atoms with Gasteiger partial charge in [0, 0.05) is 0 Å². The number of unbranched alkanes of at least 4 members (excludes halogenated alkanes) is 2. The minimum absolute atomic E-state index is 0.318. The Kier molecular flexibility index (Phi) is 6.90. The van der Waals surface area contributed by atoms with E-state index in [1.54, 1.807) is 6.07 Å². The fourth-order valence-electron chi connectivity index (χ4n) is 4.44. The fourth-order valence-corrected chi connectivity index (χ4v) is 4.44. The SMILES string of the molecule is CCCCCOc1ccc(Cc2c(C3=CCC(C)(O)C=C3)ccc3c(C)c(O)ccc23)cc1. The number of allylic oxidation sites excluding steroid dienone is 2. The number of ether oxygens (including phenoxy) is 1. The van der Waals surface area contributed by atoms with Gasteiger partial charge in [-0.3, -0.25) is 0 Å². The highest BCUT2D eigenvalue weighted by molar-refractivity contribution is 5.95. The van der Waals surface area contributed by atoms with E-state index in [2.05, 4.69) is 49.4 Å². The van der Waals surface area contributed by atoms with Crippen LogP contribution in [0.3, 0.4) is 0 Å². The number of fused-ring (bicyclic) bond motifs is 1. The van der Waals surface area contributed by atoms with E-state index in [1.807, 2.05) is 32.1 Å². The van der Waals surface area contributed by atoms with Crippen LogP contribution in [0.1, 0.15) is 61.8 Å². The van der Waals surface area contributed by atoms with Crippen LogP contribution in [0, 0.1) is 6.92 Å². The molecule has 1 aliphatic carbocycles. The van der Waals surface area contributed by atoms with Gasteiger partial charge in [0.2, 0.25) is 0 Å². The van der Waals surface area contributed by atoms with Gasteiger partial charge in [0.1, 0.15) is 11.5 Å². The number of hydrogen-bond donors (Lipinski definition) is 2. The van der Waals surface area contributed by atoms with E-state index in [9.17, 15) is 10.2 Å². The van der Waals surface area contributed by atoms with Crippen LogP contribution >= 0.6 is 0 Å². The Bertz CT molecular complexity index is 1180. The minimum Gasteiger partial charge on any atom is -0.508 e. The molecule has 0 aliphatic heterocycles. The second kappa shape index (κ2) is 9.84. The minimum atomic E-state index is -0.796. The number of phenolic OH excluding ortho intramolecular Hbond substituents is 1. The molecule has 0 radical (unpaired) electrons. The molecule has 4 rings (SSSR count). The molecule has 0 saturated carbocycles. The molecule has 3 heteroatoms. The summed E-state index contributed by atoms with van der Waals surface area (Å²) in [4.78, 5) is 0. The van der Waals surface area contributed by atoms with Crippen molar-refractivity contribution < 1.29 is 14.9 Å². The zero-order valence-corrected chi connectivity index (χ0v) is 19.9. The first-order chi connectivity index (χ1) is 15.9. The summed E-state index contributed by atoms with van der Waals surface area (Å²) in [5.41, 5.74) is 4.83. The van der Waals surface area contributed by atoms with E-state index in [4.69, 9.17) is 4.74 Å². The number of phenols is 1. The van der Waals surface area contributed by atoms with E-state index >= 15 is 0 Å². The highest BCUT2D eigenvalue weighted by Gasteiger charge is 2.21. The Labute approximate surface area is 197 Å². The summed E-state index contributed by atoms with van der Waals surface area (Å²) in [5, 5.41) is 22.8. The van der Waals surface area contributed by atoms with Crippen LogP contribution in [0.5, 0.6) is 11.5 Å². The summed E-state index contributed by atoms with van der Waals surface area (Å²) in [7, 11) is 0. The van der Waals surface area contributed by atoms with Crippen molar-refractivity contribution in [3.63, 3.8) is 0 Å². The Morgan fingerprint density at radius 1 is 0.970 bits per heavy atom. The number of benzene rings is 3. The average molecular weight is 443 g/mol. The third-order valence-electron chi connectivity index (χ3n) is 6.54. The number of hydrogen-bond acceptors (Lipinski definition) is 3. The molecule has 1 aliphatic rings. The van der Waals surface area contributed by atoms with Gasteiger partial charge in [0.25, 0.3) is 0 Å². The Morgan fingerprint density at radius 2 is 1.73 bits per heavy atom. The number of rotatable bonds is 8. The summed E-state index contributed by atoms with van der Waals surface area (Å²) in [6.45, 7) is 6.74. The van der Waals surface area contributed by atoms with Crippen LogP contribution < -0.4 is 4.74 Å². The topological polar surface area (TPSA) is 49.7 Å². The van der Waals surface area contributed by atoms with Gasteiger partial charge in [-0.25, -0.2) is 0 Å². The maximum absolute atomic E-state index is 10.3. The van der Waals surface area contributed by atoms with Crippen LogP contribution in [0.25, 0.3) is 16.3 Å². The molecule has 3 aromatic rings. The second-order valence-corrected chi connectivity index (χ2v) is 9.33. The largest absolute Gasteiger partial charge is 0.508 e. The maximum Gasteiger partial charge on any atom is 0.119 e. The predicted molar refractivity (Wildman–Crippen MR) is 137 cm³/mol. The standard InChI is InChI=1S/C30H34O3/c1-4-5-6-19-33-24-9-7-22(8-10-24)20-28-26(23-15-17-30(3,32)18-16-23)12-11-25-21(2)29(31)14-13-27(25)28/h7-17,31-32H,4-6,18-20H2,1-3H3. The molecule has 33 heavy (non-hydrogen) atoms. The van der Waals surface area contributed by atoms with Gasteiger partial charge < -0.3 is 14.9 Å². The van der Waals surface area contributed by atoms with Crippen molar-refractivity contribution in [2.45, 2.75) is 58.5 Å². The van der Waals surface area contributed by atoms with Crippen LogP contribution in [0.2, 0.25) is 0 Å². The first-order valence-electron chi connectivity index (χ1n) is 12.0. The van der Waals surface area contributed by atoms with Crippen molar-refractivity contribution >= 4 is 16.3 Å². The molecule has 172 valence electrons. The molecular weight excluding hydrogens is 408 g/mol. The zero-order chi connectivity index (χ0) is 23.4. The van der Waals surface area contributed by atoms with Crippen molar-refractivity contribution in [3.05, 3.63) is 89.0 Å². The van der Waals surface area contributed by atoms with Crippen molar-refractivity contribution in [1.29, 1.82) is 0 Å². The lowest BCUT2D eigenvalue weighted by Gasteiger charge is -2.23. The van der Waals surface area contributed by atoms with Crippen molar-refractivity contribution in [3.8, 4) is 11.5 Å². The molecule has 0 fully saturated rings. The molecule has 0 bridgehead atoms. The fraction of sp³-hybridized carbons (Fsp3) is 0.333. The molecule has 0 heterocycles. The molecule has 3 nitrogen and oxygen atoms in total. The second-order valence-electron chi connectivity index (χ2n) is 9.33.